The predicted molar refractivity (Wildman–Crippen MR) is 128 cm³/mol. The van der Waals surface area contributed by atoms with Crippen molar-refractivity contribution in [2.24, 2.45) is 4.99 Å². The molecule has 0 aromatic heterocycles. The van der Waals surface area contributed by atoms with E-state index >= 15 is 0 Å². The van der Waals surface area contributed by atoms with Gasteiger partial charge >= 0.3 is 0 Å². The van der Waals surface area contributed by atoms with E-state index in [4.69, 9.17) is 18.9 Å². The van der Waals surface area contributed by atoms with Crippen LogP contribution in [0.4, 0.5) is 0 Å². The number of aliphatic imine (C=N–C) groups is 1. The maximum Gasteiger partial charge on any atom is 0.193 e. The van der Waals surface area contributed by atoms with E-state index in [2.05, 4.69) is 27.3 Å². The third kappa shape index (κ3) is 7.55. The van der Waals surface area contributed by atoms with Crippen LogP contribution in [-0.4, -0.2) is 76.7 Å². The van der Waals surface area contributed by atoms with Gasteiger partial charge in [0.25, 0.3) is 0 Å². The van der Waals surface area contributed by atoms with Crippen LogP contribution in [0, 0.1) is 0 Å². The summed E-state index contributed by atoms with van der Waals surface area (Å²) in [5.41, 5.74) is 1.26. The number of hydrogen-bond acceptors (Lipinski definition) is 5. The van der Waals surface area contributed by atoms with Crippen molar-refractivity contribution < 1.29 is 18.9 Å². The Labute approximate surface area is 193 Å². The minimum atomic E-state index is 0.298. The Morgan fingerprint density at radius 3 is 2.72 bits per heavy atom. The van der Waals surface area contributed by atoms with Crippen molar-refractivity contribution in [2.45, 2.75) is 64.1 Å². The molecule has 0 amide bonds. The molecule has 7 heteroatoms. The van der Waals surface area contributed by atoms with E-state index in [1.807, 2.05) is 20.0 Å². The van der Waals surface area contributed by atoms with Crippen LogP contribution in [-0.2, 0) is 15.9 Å². The maximum absolute atomic E-state index is 6.14. The summed E-state index contributed by atoms with van der Waals surface area (Å²) in [5, 5.41) is 3.53. The molecule has 32 heavy (non-hydrogen) atoms. The number of hydrogen-bond donors (Lipinski definition) is 1. The predicted octanol–water partition coefficient (Wildman–Crippen LogP) is 3.65. The zero-order valence-corrected chi connectivity index (χ0v) is 20.1. The summed E-state index contributed by atoms with van der Waals surface area (Å²) >= 11 is 0. The Kier molecular flexibility index (Phi) is 10.4. The summed E-state index contributed by atoms with van der Waals surface area (Å²) in [6.45, 7) is 7.10. The fraction of sp³-hybridized carbons (Fsp3) is 0.720. The molecular formula is C25H41N3O4. The summed E-state index contributed by atoms with van der Waals surface area (Å²) in [4.78, 5) is 6.84. The van der Waals surface area contributed by atoms with E-state index in [1.54, 1.807) is 7.11 Å². The van der Waals surface area contributed by atoms with Crippen molar-refractivity contribution in [3.63, 3.8) is 0 Å². The number of piperidine rings is 1. The lowest BCUT2D eigenvalue weighted by atomic mass is 10.1. The smallest absolute Gasteiger partial charge is 0.193 e. The minimum Gasteiger partial charge on any atom is -0.493 e. The molecular weight excluding hydrogens is 406 g/mol. The molecule has 0 aliphatic carbocycles. The van der Waals surface area contributed by atoms with Crippen LogP contribution in [0.5, 0.6) is 11.5 Å². The first-order valence-corrected chi connectivity index (χ1v) is 12.2. The molecule has 0 saturated carbocycles. The summed E-state index contributed by atoms with van der Waals surface area (Å²) in [7, 11) is 3.54. The fourth-order valence-corrected chi connectivity index (χ4v) is 4.39. The second-order valence-corrected chi connectivity index (χ2v) is 8.50. The molecule has 0 bridgehead atoms. The normalized spacial score (nSPS) is 20.3. The topological polar surface area (TPSA) is 64.6 Å². The van der Waals surface area contributed by atoms with E-state index in [0.717, 1.165) is 82.4 Å². The van der Waals surface area contributed by atoms with Gasteiger partial charge in [-0.2, -0.15) is 0 Å². The van der Waals surface area contributed by atoms with Crippen molar-refractivity contribution in [2.75, 3.05) is 53.6 Å². The molecule has 1 N–H and O–H groups in total. The average molecular weight is 448 g/mol. The van der Waals surface area contributed by atoms with Crippen LogP contribution in [0.2, 0.25) is 0 Å². The van der Waals surface area contributed by atoms with Crippen molar-refractivity contribution in [1.82, 2.24) is 10.2 Å². The lowest BCUT2D eigenvalue weighted by Gasteiger charge is -2.35. The van der Waals surface area contributed by atoms with Gasteiger partial charge in [0, 0.05) is 33.3 Å². The van der Waals surface area contributed by atoms with Crippen LogP contribution < -0.4 is 14.8 Å². The number of ether oxygens (including phenoxy) is 4. The van der Waals surface area contributed by atoms with Crippen molar-refractivity contribution >= 4 is 5.96 Å². The molecule has 2 saturated heterocycles. The van der Waals surface area contributed by atoms with E-state index in [-0.39, 0.29) is 0 Å². The van der Waals surface area contributed by atoms with Crippen molar-refractivity contribution in [3.05, 3.63) is 23.8 Å². The monoisotopic (exact) mass is 447 g/mol. The van der Waals surface area contributed by atoms with E-state index in [0.29, 0.717) is 18.8 Å². The molecule has 2 aliphatic heterocycles. The molecule has 7 nitrogen and oxygen atoms in total. The Hall–Kier alpha value is -1.99. The first kappa shape index (κ1) is 24.6. The van der Waals surface area contributed by atoms with Crippen molar-refractivity contribution in [3.8, 4) is 11.5 Å². The number of aryl methyl sites for hydroxylation is 1. The average Bonchev–Trinajstić information content (AvgIpc) is 2.84. The first-order chi connectivity index (χ1) is 15.7. The highest BCUT2D eigenvalue weighted by molar-refractivity contribution is 5.79. The summed E-state index contributed by atoms with van der Waals surface area (Å²) < 4.78 is 23.0. The van der Waals surface area contributed by atoms with E-state index in [1.165, 1.54) is 18.4 Å². The first-order valence-electron chi connectivity index (χ1n) is 12.2. The molecule has 1 aromatic carbocycles. The van der Waals surface area contributed by atoms with Gasteiger partial charge in [0.05, 0.1) is 32.5 Å². The molecule has 0 radical (unpaired) electrons. The molecule has 180 valence electrons. The van der Waals surface area contributed by atoms with Gasteiger partial charge in [-0.05, 0) is 69.6 Å². The zero-order chi connectivity index (χ0) is 22.6. The van der Waals surface area contributed by atoms with Crippen LogP contribution in [0.1, 0.15) is 51.0 Å². The quantitative estimate of drug-likeness (QED) is 0.336. The van der Waals surface area contributed by atoms with Crippen molar-refractivity contribution in [1.29, 1.82) is 0 Å². The van der Waals surface area contributed by atoms with Gasteiger partial charge in [-0.25, -0.2) is 0 Å². The van der Waals surface area contributed by atoms with Gasteiger partial charge < -0.3 is 29.2 Å². The zero-order valence-electron chi connectivity index (χ0n) is 20.1. The Morgan fingerprint density at radius 1 is 1.19 bits per heavy atom. The van der Waals surface area contributed by atoms with Gasteiger partial charge in [0.1, 0.15) is 0 Å². The van der Waals surface area contributed by atoms with Gasteiger partial charge in [-0.1, -0.05) is 6.07 Å². The van der Waals surface area contributed by atoms with Crippen LogP contribution in [0.3, 0.4) is 0 Å². The second-order valence-electron chi connectivity index (χ2n) is 8.50. The number of rotatable bonds is 10. The standard InChI is InChI=1S/C25H41N3O4/c1-4-30-24-18-20(10-11-23(24)29-3)8-7-14-27-25(26-2)28-15-12-21(13-16-28)32-19-22-9-5-6-17-31-22/h10-11,18,21-22H,4-9,12-17,19H2,1-3H3,(H,26,27). The molecule has 1 unspecified atom stereocenters. The van der Waals surface area contributed by atoms with Crippen LogP contribution in [0.15, 0.2) is 23.2 Å². The van der Waals surface area contributed by atoms with Crippen LogP contribution in [0.25, 0.3) is 0 Å². The third-order valence-corrected chi connectivity index (χ3v) is 6.20. The number of guanidine groups is 1. The Bertz CT molecular complexity index is 698. The molecule has 1 aromatic rings. The molecule has 1 atom stereocenters. The fourth-order valence-electron chi connectivity index (χ4n) is 4.39. The molecule has 3 rings (SSSR count). The number of nitrogens with zero attached hydrogens (tertiary/aromatic N) is 2. The SMILES string of the molecule is CCOc1cc(CCCNC(=NC)N2CCC(OCC3CCCCO3)CC2)ccc1OC. The van der Waals surface area contributed by atoms with E-state index < -0.39 is 0 Å². The Morgan fingerprint density at radius 2 is 2.03 bits per heavy atom. The molecule has 2 heterocycles. The lowest BCUT2D eigenvalue weighted by molar-refractivity contribution is -0.0721. The molecule has 0 spiro atoms. The number of methoxy groups -OCH3 is 1. The minimum absolute atomic E-state index is 0.298. The summed E-state index contributed by atoms with van der Waals surface area (Å²) in [6, 6.07) is 6.18. The maximum atomic E-state index is 6.14. The van der Waals surface area contributed by atoms with Gasteiger partial charge in [-0.15, -0.1) is 0 Å². The number of likely N-dealkylation sites (tertiary alicyclic amines) is 1. The van der Waals surface area contributed by atoms with Gasteiger partial charge in [0.2, 0.25) is 0 Å². The third-order valence-electron chi connectivity index (χ3n) is 6.20. The molecule has 2 fully saturated rings. The van der Waals surface area contributed by atoms with Gasteiger partial charge in [-0.3, -0.25) is 4.99 Å². The van der Waals surface area contributed by atoms with Crippen LogP contribution >= 0.6 is 0 Å². The summed E-state index contributed by atoms with van der Waals surface area (Å²) in [5.74, 6) is 2.59. The highest BCUT2D eigenvalue weighted by atomic mass is 16.5. The Balaban J connectivity index is 1.35. The summed E-state index contributed by atoms with van der Waals surface area (Å²) in [6.07, 6.45) is 8.31. The van der Waals surface area contributed by atoms with E-state index in [9.17, 15) is 0 Å². The highest BCUT2D eigenvalue weighted by Gasteiger charge is 2.23. The number of benzene rings is 1. The highest BCUT2D eigenvalue weighted by Crippen LogP contribution is 2.28. The lowest BCUT2D eigenvalue weighted by Crippen LogP contribution is -2.47. The van der Waals surface area contributed by atoms with Gasteiger partial charge in [0.15, 0.2) is 17.5 Å². The second kappa shape index (κ2) is 13.5. The number of nitrogens with one attached hydrogen (secondary N) is 1. The molecule has 2 aliphatic rings. The largest absolute Gasteiger partial charge is 0.493 e.